The van der Waals surface area contributed by atoms with Crippen LogP contribution < -0.4 is 5.32 Å². The molecule has 1 heterocycles. The van der Waals surface area contributed by atoms with Gasteiger partial charge in [-0.25, -0.2) is 0 Å². The number of aliphatic imine (C=N–C) groups is 1. The average Bonchev–Trinajstić information content (AvgIpc) is 2.84. The highest BCUT2D eigenvalue weighted by Gasteiger charge is 2.30. The molecule has 0 radical (unpaired) electrons. The number of likely N-dealkylation sites (tertiary alicyclic amines) is 1. The van der Waals surface area contributed by atoms with Gasteiger partial charge in [-0.1, -0.05) is 44.2 Å². The Labute approximate surface area is 159 Å². The van der Waals surface area contributed by atoms with Gasteiger partial charge in [-0.15, -0.1) is 24.0 Å². The maximum atomic E-state index is 12.1. The molecular weight excluding hydrogens is 421 g/mol. The van der Waals surface area contributed by atoms with Crippen molar-refractivity contribution in [2.75, 3.05) is 32.4 Å². The molecule has 0 aromatic heterocycles. The number of hydrogen-bond acceptors (Lipinski definition) is 2. The van der Waals surface area contributed by atoms with Crippen LogP contribution in [0.3, 0.4) is 0 Å². The molecule has 0 saturated carbocycles. The third kappa shape index (κ3) is 6.79. The molecule has 2 rings (SSSR count). The van der Waals surface area contributed by atoms with Gasteiger partial charge in [0, 0.05) is 49.0 Å². The van der Waals surface area contributed by atoms with E-state index in [-0.39, 0.29) is 24.0 Å². The van der Waals surface area contributed by atoms with Crippen LogP contribution in [-0.4, -0.2) is 47.5 Å². The van der Waals surface area contributed by atoms with Gasteiger partial charge < -0.3 is 10.2 Å². The summed E-state index contributed by atoms with van der Waals surface area (Å²) in [6, 6.07) is 10.0. The van der Waals surface area contributed by atoms with E-state index in [9.17, 15) is 4.21 Å². The van der Waals surface area contributed by atoms with Gasteiger partial charge in [-0.3, -0.25) is 9.20 Å². The van der Waals surface area contributed by atoms with Gasteiger partial charge in [0.2, 0.25) is 0 Å². The Hall–Kier alpha value is -0.630. The zero-order valence-corrected chi connectivity index (χ0v) is 17.4. The quantitative estimate of drug-likeness (QED) is 0.427. The van der Waals surface area contributed by atoms with Crippen LogP contribution in [0.25, 0.3) is 0 Å². The number of halogens is 1. The number of nitrogens with zero attached hydrogens (tertiary/aromatic N) is 2. The molecule has 1 aliphatic rings. The monoisotopic (exact) mass is 449 g/mol. The van der Waals surface area contributed by atoms with Gasteiger partial charge in [-0.2, -0.15) is 0 Å². The highest BCUT2D eigenvalue weighted by molar-refractivity contribution is 14.0. The molecule has 6 heteroatoms. The number of hydrogen-bond donors (Lipinski definition) is 1. The van der Waals surface area contributed by atoms with Gasteiger partial charge in [0.05, 0.1) is 0 Å². The van der Waals surface area contributed by atoms with Crippen LogP contribution in [0.4, 0.5) is 0 Å². The summed E-state index contributed by atoms with van der Waals surface area (Å²) >= 11 is 0. The second-order valence-corrected chi connectivity index (χ2v) is 8.16. The van der Waals surface area contributed by atoms with Crippen LogP contribution in [0.2, 0.25) is 0 Å². The molecule has 0 spiro atoms. The normalized spacial score (nSPS) is 18.4. The fourth-order valence-corrected chi connectivity index (χ4v) is 3.77. The predicted molar refractivity (Wildman–Crippen MR) is 110 cm³/mol. The molecule has 1 saturated heterocycles. The zero-order valence-electron chi connectivity index (χ0n) is 14.2. The molecular formula is C17H28IN3OS. The lowest BCUT2D eigenvalue weighted by molar-refractivity contribution is 0.370. The van der Waals surface area contributed by atoms with Crippen LogP contribution >= 0.6 is 24.0 Å². The second-order valence-electron chi connectivity index (χ2n) is 6.58. The summed E-state index contributed by atoms with van der Waals surface area (Å²) in [5, 5.41) is 3.35. The van der Waals surface area contributed by atoms with Gasteiger partial charge in [0.15, 0.2) is 5.96 Å². The highest BCUT2D eigenvalue weighted by atomic mass is 127. The standard InChI is InChI=1S/C17H27N3OS.HI/c1-17(2)9-11-20(14-17)16(18-3)19-10-12-22(21)13-15-7-5-4-6-8-15;/h4-8H,9-14H2,1-3H3,(H,18,19);1H. The van der Waals surface area contributed by atoms with Crippen molar-refractivity contribution in [2.45, 2.75) is 26.0 Å². The molecule has 0 bridgehead atoms. The lowest BCUT2D eigenvalue weighted by Gasteiger charge is -2.23. The van der Waals surface area contributed by atoms with Gasteiger partial charge >= 0.3 is 0 Å². The van der Waals surface area contributed by atoms with Crippen LogP contribution in [-0.2, 0) is 16.6 Å². The van der Waals surface area contributed by atoms with Crippen molar-refractivity contribution in [1.82, 2.24) is 10.2 Å². The van der Waals surface area contributed by atoms with Gasteiger partial charge in [-0.05, 0) is 17.4 Å². The Kier molecular flexibility index (Phi) is 8.53. The Morgan fingerprint density at radius 2 is 2.04 bits per heavy atom. The van der Waals surface area contributed by atoms with E-state index >= 15 is 0 Å². The first kappa shape index (κ1) is 20.4. The van der Waals surface area contributed by atoms with E-state index in [4.69, 9.17) is 0 Å². The lowest BCUT2D eigenvalue weighted by atomic mass is 9.93. The summed E-state index contributed by atoms with van der Waals surface area (Å²) in [7, 11) is 0.972. The molecule has 1 aromatic carbocycles. The molecule has 23 heavy (non-hydrogen) atoms. The average molecular weight is 449 g/mol. The molecule has 0 amide bonds. The smallest absolute Gasteiger partial charge is 0.193 e. The van der Waals surface area contributed by atoms with E-state index < -0.39 is 10.8 Å². The minimum atomic E-state index is -0.842. The molecule has 1 unspecified atom stereocenters. The van der Waals surface area contributed by atoms with Crippen molar-refractivity contribution >= 4 is 40.7 Å². The molecule has 1 aromatic rings. The lowest BCUT2D eigenvalue weighted by Crippen LogP contribution is -2.42. The van der Waals surface area contributed by atoms with Crippen LogP contribution in [0.5, 0.6) is 0 Å². The van der Waals surface area contributed by atoms with E-state index in [1.807, 2.05) is 37.4 Å². The zero-order chi connectivity index (χ0) is 16.0. The Bertz CT molecular complexity index is 534. The van der Waals surface area contributed by atoms with Crippen LogP contribution in [0, 0.1) is 5.41 Å². The summed E-state index contributed by atoms with van der Waals surface area (Å²) in [5.74, 6) is 2.20. The topological polar surface area (TPSA) is 44.7 Å². The third-order valence-electron chi connectivity index (χ3n) is 3.97. The first-order valence-corrected chi connectivity index (χ1v) is 9.33. The summed E-state index contributed by atoms with van der Waals surface area (Å²) in [4.78, 5) is 6.64. The Morgan fingerprint density at radius 1 is 1.35 bits per heavy atom. The SMILES string of the molecule is CN=C(NCCS(=O)Cc1ccccc1)N1CCC(C)(C)C1.I. The maximum absolute atomic E-state index is 12.1. The molecule has 1 atom stereocenters. The van der Waals surface area contributed by atoms with Crippen molar-refractivity contribution < 1.29 is 4.21 Å². The maximum Gasteiger partial charge on any atom is 0.193 e. The van der Waals surface area contributed by atoms with E-state index in [1.54, 1.807) is 0 Å². The van der Waals surface area contributed by atoms with Crippen LogP contribution in [0.1, 0.15) is 25.8 Å². The first-order valence-electron chi connectivity index (χ1n) is 7.85. The molecule has 130 valence electrons. The fraction of sp³-hybridized carbons (Fsp3) is 0.588. The minimum Gasteiger partial charge on any atom is -0.355 e. The molecule has 4 nitrogen and oxygen atoms in total. The summed E-state index contributed by atoms with van der Waals surface area (Å²) in [6.07, 6.45) is 1.19. The van der Waals surface area contributed by atoms with E-state index in [2.05, 4.69) is 29.1 Å². The summed E-state index contributed by atoms with van der Waals surface area (Å²) < 4.78 is 12.1. The highest BCUT2D eigenvalue weighted by Crippen LogP contribution is 2.28. The van der Waals surface area contributed by atoms with Gasteiger partial charge in [0.1, 0.15) is 0 Å². The number of nitrogens with one attached hydrogen (secondary N) is 1. The van der Waals surface area contributed by atoms with E-state index in [1.165, 1.54) is 6.42 Å². The van der Waals surface area contributed by atoms with E-state index in [0.717, 1.165) is 24.6 Å². The summed E-state index contributed by atoms with van der Waals surface area (Å²) in [6.45, 7) is 7.34. The number of benzene rings is 1. The molecule has 1 N–H and O–H groups in total. The number of rotatable bonds is 5. The van der Waals surface area contributed by atoms with Crippen LogP contribution in [0.15, 0.2) is 35.3 Å². The van der Waals surface area contributed by atoms with Crippen molar-refractivity contribution in [3.8, 4) is 0 Å². The molecule has 1 aliphatic heterocycles. The molecule has 1 fully saturated rings. The summed E-state index contributed by atoms with van der Waals surface area (Å²) in [5.41, 5.74) is 1.49. The van der Waals surface area contributed by atoms with E-state index in [0.29, 0.717) is 23.5 Å². The number of guanidine groups is 1. The first-order chi connectivity index (χ1) is 10.5. The van der Waals surface area contributed by atoms with Gasteiger partial charge in [0.25, 0.3) is 0 Å². The van der Waals surface area contributed by atoms with Crippen molar-refractivity contribution in [3.05, 3.63) is 35.9 Å². The Balaban J connectivity index is 0.00000264. The van der Waals surface area contributed by atoms with Crippen molar-refractivity contribution in [3.63, 3.8) is 0 Å². The predicted octanol–water partition coefficient (Wildman–Crippen LogP) is 2.86. The minimum absolute atomic E-state index is 0. The van der Waals surface area contributed by atoms with Crippen molar-refractivity contribution in [2.24, 2.45) is 10.4 Å². The van der Waals surface area contributed by atoms with Crippen molar-refractivity contribution in [1.29, 1.82) is 0 Å². The Morgan fingerprint density at radius 3 is 2.61 bits per heavy atom. The second kappa shape index (κ2) is 9.61. The largest absolute Gasteiger partial charge is 0.355 e. The molecule has 0 aliphatic carbocycles. The fourth-order valence-electron chi connectivity index (χ4n) is 2.73. The third-order valence-corrected chi connectivity index (χ3v) is 5.29.